The van der Waals surface area contributed by atoms with Crippen molar-refractivity contribution < 1.29 is 0 Å². The zero-order chi connectivity index (χ0) is 13.4. The van der Waals surface area contributed by atoms with Crippen molar-refractivity contribution in [3.63, 3.8) is 0 Å². The molecule has 100 valence electrons. The number of aromatic nitrogens is 2. The minimum Gasteiger partial charge on any atom is -0.364 e. The Morgan fingerprint density at radius 1 is 1.37 bits per heavy atom. The van der Waals surface area contributed by atoms with E-state index in [-0.39, 0.29) is 6.04 Å². The molecule has 0 spiro atoms. The van der Waals surface area contributed by atoms with Crippen molar-refractivity contribution in [3.8, 4) is 0 Å². The van der Waals surface area contributed by atoms with Gasteiger partial charge in [0.2, 0.25) is 0 Å². The Balaban J connectivity index is 1.91. The maximum absolute atomic E-state index is 6.17. The van der Waals surface area contributed by atoms with E-state index in [0.717, 1.165) is 25.2 Å². The van der Waals surface area contributed by atoms with Crippen molar-refractivity contribution in [1.29, 1.82) is 0 Å². The Morgan fingerprint density at radius 2 is 2.16 bits per heavy atom. The van der Waals surface area contributed by atoms with Gasteiger partial charge in [0.05, 0.1) is 17.9 Å². The van der Waals surface area contributed by atoms with E-state index in [1.54, 1.807) is 0 Å². The molecule has 1 aromatic heterocycles. The molecule has 3 rings (SSSR count). The molecule has 0 aliphatic carbocycles. The van der Waals surface area contributed by atoms with Gasteiger partial charge in [-0.3, -0.25) is 4.68 Å². The van der Waals surface area contributed by atoms with E-state index in [2.05, 4.69) is 40.3 Å². The molecule has 2 heterocycles. The smallest absolute Gasteiger partial charge is 0.0599 e. The number of rotatable bonds is 2. The Morgan fingerprint density at radius 3 is 2.89 bits per heavy atom. The molecule has 2 aromatic rings. The summed E-state index contributed by atoms with van der Waals surface area (Å²) in [5.74, 6) is 0. The standard InChI is InChI=1S/C15H20N4/c1-11-7-14(18(2)17-11)10-19-9-13(16)8-12-5-3-4-6-15(12)19/h3-7,13H,8-10,16H2,1-2H3. The summed E-state index contributed by atoms with van der Waals surface area (Å²) in [6, 6.07) is 10.9. The van der Waals surface area contributed by atoms with Crippen molar-refractivity contribution in [2.45, 2.75) is 25.9 Å². The average Bonchev–Trinajstić information content (AvgIpc) is 2.67. The first-order valence-electron chi connectivity index (χ1n) is 6.71. The highest BCUT2D eigenvalue weighted by molar-refractivity contribution is 5.56. The number of aryl methyl sites for hydroxylation is 2. The van der Waals surface area contributed by atoms with Crippen LogP contribution in [0.1, 0.15) is 17.0 Å². The topological polar surface area (TPSA) is 47.1 Å². The number of hydrogen-bond acceptors (Lipinski definition) is 3. The average molecular weight is 256 g/mol. The minimum absolute atomic E-state index is 0.212. The highest BCUT2D eigenvalue weighted by Gasteiger charge is 2.22. The van der Waals surface area contributed by atoms with E-state index in [1.165, 1.54) is 16.9 Å². The molecule has 4 heteroatoms. The van der Waals surface area contributed by atoms with E-state index in [0.29, 0.717) is 0 Å². The second kappa shape index (κ2) is 4.70. The SMILES string of the molecule is Cc1cc(CN2CC(N)Cc3ccccc32)n(C)n1. The van der Waals surface area contributed by atoms with Gasteiger partial charge in [-0.15, -0.1) is 0 Å². The number of nitrogens with zero attached hydrogens (tertiary/aromatic N) is 3. The van der Waals surface area contributed by atoms with Crippen molar-refractivity contribution in [1.82, 2.24) is 9.78 Å². The number of benzene rings is 1. The lowest BCUT2D eigenvalue weighted by atomic mass is 9.98. The Hall–Kier alpha value is -1.81. The zero-order valence-electron chi connectivity index (χ0n) is 11.5. The van der Waals surface area contributed by atoms with Crippen LogP contribution in [-0.4, -0.2) is 22.4 Å². The normalized spacial score (nSPS) is 18.5. The predicted molar refractivity (Wildman–Crippen MR) is 77.1 cm³/mol. The van der Waals surface area contributed by atoms with E-state index >= 15 is 0 Å². The van der Waals surface area contributed by atoms with Gasteiger partial charge in [0, 0.05) is 25.3 Å². The van der Waals surface area contributed by atoms with Gasteiger partial charge in [0.15, 0.2) is 0 Å². The first-order chi connectivity index (χ1) is 9.13. The molecule has 0 bridgehead atoms. The van der Waals surface area contributed by atoms with E-state index < -0.39 is 0 Å². The van der Waals surface area contributed by atoms with E-state index in [9.17, 15) is 0 Å². The third kappa shape index (κ3) is 2.36. The van der Waals surface area contributed by atoms with Crippen molar-refractivity contribution >= 4 is 5.69 Å². The summed E-state index contributed by atoms with van der Waals surface area (Å²) in [5, 5.41) is 4.41. The molecule has 1 aliphatic heterocycles. The molecule has 0 saturated heterocycles. The van der Waals surface area contributed by atoms with Gasteiger partial charge in [-0.1, -0.05) is 18.2 Å². The first-order valence-corrected chi connectivity index (χ1v) is 6.71. The van der Waals surface area contributed by atoms with Crippen LogP contribution in [0.2, 0.25) is 0 Å². The molecule has 1 atom stereocenters. The first kappa shape index (κ1) is 12.2. The third-order valence-electron chi connectivity index (χ3n) is 3.72. The van der Waals surface area contributed by atoms with Crippen LogP contribution in [0.5, 0.6) is 0 Å². The van der Waals surface area contributed by atoms with Crippen LogP contribution in [0.25, 0.3) is 0 Å². The van der Waals surface area contributed by atoms with Crippen LogP contribution in [0.3, 0.4) is 0 Å². The summed E-state index contributed by atoms with van der Waals surface area (Å²) < 4.78 is 1.96. The third-order valence-corrected chi connectivity index (χ3v) is 3.72. The van der Waals surface area contributed by atoms with E-state index in [1.807, 2.05) is 18.7 Å². The highest BCUT2D eigenvalue weighted by Crippen LogP contribution is 2.27. The van der Waals surface area contributed by atoms with Gasteiger partial charge >= 0.3 is 0 Å². The number of anilines is 1. The summed E-state index contributed by atoms with van der Waals surface area (Å²) in [4.78, 5) is 2.36. The second-order valence-electron chi connectivity index (χ2n) is 5.37. The van der Waals surface area contributed by atoms with Gasteiger partial charge in [-0.05, 0) is 31.0 Å². The van der Waals surface area contributed by atoms with Crippen LogP contribution in [0.15, 0.2) is 30.3 Å². The van der Waals surface area contributed by atoms with Crippen LogP contribution >= 0.6 is 0 Å². The predicted octanol–water partition coefficient (Wildman–Crippen LogP) is 1.62. The molecule has 2 N–H and O–H groups in total. The fourth-order valence-corrected chi connectivity index (χ4v) is 2.88. The summed E-state index contributed by atoms with van der Waals surface area (Å²) in [6.45, 7) is 3.79. The molecule has 0 amide bonds. The summed E-state index contributed by atoms with van der Waals surface area (Å²) >= 11 is 0. The van der Waals surface area contributed by atoms with Crippen LogP contribution < -0.4 is 10.6 Å². The molecule has 0 radical (unpaired) electrons. The fourth-order valence-electron chi connectivity index (χ4n) is 2.88. The fraction of sp³-hybridized carbons (Fsp3) is 0.400. The van der Waals surface area contributed by atoms with Gasteiger partial charge in [0.1, 0.15) is 0 Å². The highest BCUT2D eigenvalue weighted by atomic mass is 15.3. The molecule has 0 fully saturated rings. The number of nitrogens with two attached hydrogens (primary N) is 1. The quantitative estimate of drug-likeness (QED) is 0.888. The maximum Gasteiger partial charge on any atom is 0.0599 e. The van der Waals surface area contributed by atoms with Crippen LogP contribution in [0, 0.1) is 6.92 Å². The van der Waals surface area contributed by atoms with Crippen molar-refractivity contribution in [3.05, 3.63) is 47.3 Å². The Kier molecular flexibility index (Phi) is 3.03. The second-order valence-corrected chi connectivity index (χ2v) is 5.37. The Labute approximate surface area is 113 Å². The lowest BCUT2D eigenvalue weighted by Crippen LogP contribution is -2.43. The van der Waals surface area contributed by atoms with Gasteiger partial charge in [-0.25, -0.2) is 0 Å². The lowest BCUT2D eigenvalue weighted by molar-refractivity contribution is 0.583. The largest absolute Gasteiger partial charge is 0.364 e. The summed E-state index contributed by atoms with van der Waals surface area (Å²) in [7, 11) is 2.00. The molecule has 1 aliphatic rings. The lowest BCUT2D eigenvalue weighted by Gasteiger charge is -2.34. The van der Waals surface area contributed by atoms with Crippen LogP contribution in [-0.2, 0) is 20.0 Å². The van der Waals surface area contributed by atoms with Gasteiger partial charge in [-0.2, -0.15) is 5.10 Å². The molecule has 0 saturated carbocycles. The van der Waals surface area contributed by atoms with Gasteiger partial charge in [0.25, 0.3) is 0 Å². The monoisotopic (exact) mass is 256 g/mol. The minimum atomic E-state index is 0.212. The Bertz CT molecular complexity index is 588. The zero-order valence-corrected chi connectivity index (χ0v) is 11.5. The van der Waals surface area contributed by atoms with Gasteiger partial charge < -0.3 is 10.6 Å². The van der Waals surface area contributed by atoms with Crippen LogP contribution in [0.4, 0.5) is 5.69 Å². The summed E-state index contributed by atoms with van der Waals surface area (Å²) in [6.07, 6.45) is 0.969. The molecular formula is C15H20N4. The van der Waals surface area contributed by atoms with Crippen molar-refractivity contribution in [2.75, 3.05) is 11.4 Å². The molecule has 4 nitrogen and oxygen atoms in total. The molecular weight excluding hydrogens is 236 g/mol. The molecule has 1 unspecified atom stereocenters. The van der Waals surface area contributed by atoms with Crippen molar-refractivity contribution in [2.24, 2.45) is 12.8 Å². The number of fused-ring (bicyclic) bond motifs is 1. The number of hydrogen-bond donors (Lipinski definition) is 1. The molecule has 1 aromatic carbocycles. The molecule has 19 heavy (non-hydrogen) atoms. The number of para-hydroxylation sites is 1. The van der Waals surface area contributed by atoms with E-state index in [4.69, 9.17) is 5.73 Å². The summed E-state index contributed by atoms with van der Waals surface area (Å²) in [5.41, 5.74) is 11.1. The maximum atomic E-state index is 6.17.